The minimum atomic E-state index is -0.0703. The van der Waals surface area contributed by atoms with Gasteiger partial charge in [-0.05, 0) is 47.0 Å². The van der Waals surface area contributed by atoms with Gasteiger partial charge in [0, 0.05) is 0 Å². The monoisotopic (exact) mass is 184 g/mol. The van der Waals surface area contributed by atoms with Gasteiger partial charge in [0.25, 0.3) is 0 Å². The molecule has 0 N–H and O–H groups in total. The molecule has 0 aromatic heterocycles. The zero-order chi connectivity index (χ0) is 10.1. The van der Waals surface area contributed by atoms with Crippen LogP contribution in [0.1, 0.15) is 47.0 Å². The van der Waals surface area contributed by atoms with Gasteiger partial charge in [-0.2, -0.15) is 0 Å². The Morgan fingerprint density at radius 1 is 1.15 bits per heavy atom. The molecule has 0 aromatic rings. The van der Waals surface area contributed by atoms with Gasteiger partial charge in [-0.25, -0.2) is 4.79 Å². The molecule has 1 heterocycles. The predicted molar refractivity (Wildman–Crippen MR) is 50.6 cm³/mol. The quantitative estimate of drug-likeness (QED) is 0.657. The molecule has 0 spiro atoms. The van der Waals surface area contributed by atoms with E-state index in [0.29, 0.717) is 0 Å². The minimum Gasteiger partial charge on any atom is -0.358 e. The molecule has 1 aliphatic rings. The van der Waals surface area contributed by atoms with Crippen molar-refractivity contribution in [2.24, 2.45) is 0 Å². The zero-order valence-corrected chi connectivity index (χ0v) is 8.89. The molecular weight excluding hydrogens is 166 g/mol. The van der Waals surface area contributed by atoms with Crippen LogP contribution in [0.2, 0.25) is 0 Å². The Balaban J connectivity index is 2.83. The number of rotatable bonds is 2. The Hall–Kier alpha value is -0.570. The van der Waals surface area contributed by atoms with Crippen molar-refractivity contribution in [2.45, 2.75) is 58.0 Å². The maximum Gasteiger partial charge on any atom is 0.438 e. The molecule has 0 saturated carbocycles. The van der Waals surface area contributed by atoms with Crippen LogP contribution in [0.4, 0.5) is 0 Å². The molecule has 75 valence electrons. The van der Waals surface area contributed by atoms with Gasteiger partial charge < -0.3 is 4.84 Å². The van der Waals surface area contributed by atoms with Crippen LogP contribution in [0.15, 0.2) is 0 Å². The van der Waals surface area contributed by atoms with Gasteiger partial charge in [0.1, 0.15) is 0 Å². The van der Waals surface area contributed by atoms with Crippen LogP contribution in [0.25, 0.3) is 0 Å². The van der Waals surface area contributed by atoms with E-state index in [-0.39, 0.29) is 11.1 Å². The van der Waals surface area contributed by atoms with Gasteiger partial charge in [-0.3, -0.25) is 0 Å². The average molecular weight is 184 g/mol. The van der Waals surface area contributed by atoms with Gasteiger partial charge in [0.05, 0.1) is 11.1 Å². The van der Waals surface area contributed by atoms with Crippen molar-refractivity contribution in [1.82, 2.24) is 5.06 Å². The van der Waals surface area contributed by atoms with Crippen LogP contribution in [-0.2, 0) is 9.63 Å². The second-order valence-electron chi connectivity index (χ2n) is 4.95. The smallest absolute Gasteiger partial charge is 0.358 e. The first-order valence-corrected chi connectivity index (χ1v) is 4.75. The van der Waals surface area contributed by atoms with Gasteiger partial charge >= 0.3 is 6.47 Å². The molecule has 0 amide bonds. The lowest BCUT2D eigenvalue weighted by molar-refractivity contribution is -0.227. The summed E-state index contributed by atoms with van der Waals surface area (Å²) in [5.41, 5.74) is -0.141. The van der Waals surface area contributed by atoms with Gasteiger partial charge in [0.15, 0.2) is 0 Å². The Kier molecular flexibility index (Phi) is 2.66. The molecule has 1 fully saturated rings. The summed E-state index contributed by atoms with van der Waals surface area (Å²) in [6.07, 6.45) is 3.29. The molecule has 1 saturated heterocycles. The summed E-state index contributed by atoms with van der Waals surface area (Å²) < 4.78 is 0. The van der Waals surface area contributed by atoms with Crippen molar-refractivity contribution in [2.75, 3.05) is 0 Å². The SMILES string of the molecule is CC1(C)CCCC(C)(C)N1O[C]=O. The second kappa shape index (κ2) is 3.29. The minimum absolute atomic E-state index is 0.0703. The van der Waals surface area contributed by atoms with Crippen LogP contribution in [-0.4, -0.2) is 22.6 Å². The molecule has 0 unspecified atom stereocenters. The summed E-state index contributed by atoms with van der Waals surface area (Å²) >= 11 is 0. The van der Waals surface area contributed by atoms with Crippen molar-refractivity contribution >= 4 is 6.47 Å². The van der Waals surface area contributed by atoms with Crippen LogP contribution in [0.3, 0.4) is 0 Å². The number of piperidine rings is 1. The largest absolute Gasteiger partial charge is 0.438 e. The van der Waals surface area contributed by atoms with Gasteiger partial charge in [-0.1, -0.05) is 0 Å². The fourth-order valence-corrected chi connectivity index (χ4v) is 2.26. The molecule has 0 aliphatic carbocycles. The summed E-state index contributed by atoms with van der Waals surface area (Å²) in [7, 11) is 0. The van der Waals surface area contributed by atoms with E-state index in [4.69, 9.17) is 4.84 Å². The highest BCUT2D eigenvalue weighted by molar-refractivity contribution is 5.38. The van der Waals surface area contributed by atoms with Crippen LogP contribution < -0.4 is 0 Å². The first kappa shape index (κ1) is 10.5. The summed E-state index contributed by atoms with van der Waals surface area (Å²) in [6.45, 7) is 9.88. The van der Waals surface area contributed by atoms with Crippen molar-refractivity contribution < 1.29 is 9.63 Å². The van der Waals surface area contributed by atoms with Gasteiger partial charge in [0.2, 0.25) is 0 Å². The Bertz CT molecular complexity index is 183. The standard InChI is InChI=1S/C10H18NO2/c1-9(2)6-5-7-10(3,4)11(9)13-8-12/h5-7H2,1-4H3. The van der Waals surface area contributed by atoms with E-state index in [1.54, 1.807) is 5.06 Å². The third-order valence-electron chi connectivity index (χ3n) is 2.81. The third kappa shape index (κ3) is 2.02. The molecule has 3 heteroatoms. The Morgan fingerprint density at radius 3 is 2.00 bits per heavy atom. The van der Waals surface area contributed by atoms with Gasteiger partial charge in [-0.15, -0.1) is 5.06 Å². The maximum atomic E-state index is 10.3. The van der Waals surface area contributed by atoms with E-state index in [0.717, 1.165) is 12.8 Å². The van der Waals surface area contributed by atoms with E-state index in [9.17, 15) is 4.79 Å². The normalized spacial score (nSPS) is 26.8. The molecule has 1 radical (unpaired) electrons. The van der Waals surface area contributed by atoms with Crippen molar-refractivity contribution in [3.63, 3.8) is 0 Å². The molecule has 0 bridgehead atoms. The van der Waals surface area contributed by atoms with Crippen LogP contribution >= 0.6 is 0 Å². The number of carbonyl (C=O) groups excluding carboxylic acids is 1. The number of nitrogens with zero attached hydrogens (tertiary/aromatic N) is 1. The van der Waals surface area contributed by atoms with Crippen molar-refractivity contribution in [1.29, 1.82) is 0 Å². The van der Waals surface area contributed by atoms with Crippen molar-refractivity contribution in [3.05, 3.63) is 0 Å². The molecule has 0 aromatic carbocycles. The van der Waals surface area contributed by atoms with Crippen LogP contribution in [0, 0.1) is 0 Å². The molecule has 1 rings (SSSR count). The molecule has 1 aliphatic heterocycles. The zero-order valence-electron chi connectivity index (χ0n) is 8.89. The molecular formula is C10H18NO2. The van der Waals surface area contributed by atoms with E-state index in [2.05, 4.69) is 27.7 Å². The maximum absolute atomic E-state index is 10.3. The number of hydroxylamine groups is 2. The van der Waals surface area contributed by atoms with Crippen LogP contribution in [0.5, 0.6) is 0 Å². The first-order chi connectivity index (χ1) is 5.90. The summed E-state index contributed by atoms with van der Waals surface area (Å²) in [5, 5.41) is 1.77. The molecule has 13 heavy (non-hydrogen) atoms. The Labute approximate surface area is 80.0 Å². The van der Waals surface area contributed by atoms with E-state index in [1.807, 2.05) is 0 Å². The lowest BCUT2D eigenvalue weighted by atomic mass is 9.82. The highest BCUT2D eigenvalue weighted by atomic mass is 16.7. The summed E-state index contributed by atoms with van der Waals surface area (Å²) in [4.78, 5) is 15.2. The van der Waals surface area contributed by atoms with E-state index < -0.39 is 0 Å². The number of hydrogen-bond donors (Lipinski definition) is 0. The van der Waals surface area contributed by atoms with Crippen molar-refractivity contribution in [3.8, 4) is 0 Å². The first-order valence-electron chi connectivity index (χ1n) is 4.75. The highest BCUT2D eigenvalue weighted by Crippen LogP contribution is 2.37. The lowest BCUT2D eigenvalue weighted by Crippen LogP contribution is -2.58. The fraction of sp³-hybridized carbons (Fsp3) is 0.900. The van der Waals surface area contributed by atoms with E-state index in [1.165, 1.54) is 12.9 Å². The lowest BCUT2D eigenvalue weighted by Gasteiger charge is -2.49. The predicted octanol–water partition coefficient (Wildman–Crippen LogP) is 2.03. The second-order valence-corrected chi connectivity index (χ2v) is 4.95. The third-order valence-corrected chi connectivity index (χ3v) is 2.81. The average Bonchev–Trinajstić information content (AvgIpc) is 1.96. The summed E-state index contributed by atoms with van der Waals surface area (Å²) in [5.74, 6) is 0. The fourth-order valence-electron chi connectivity index (χ4n) is 2.26. The Morgan fingerprint density at radius 2 is 1.62 bits per heavy atom. The molecule has 3 nitrogen and oxygen atoms in total. The topological polar surface area (TPSA) is 29.5 Å². The number of hydrogen-bond acceptors (Lipinski definition) is 3. The molecule has 0 atom stereocenters. The summed E-state index contributed by atoms with van der Waals surface area (Å²) in [6, 6.07) is 0. The highest BCUT2D eigenvalue weighted by Gasteiger charge is 2.43. The van der Waals surface area contributed by atoms with E-state index >= 15 is 0 Å².